The summed E-state index contributed by atoms with van der Waals surface area (Å²) >= 11 is 0. The van der Waals surface area contributed by atoms with Gasteiger partial charge < -0.3 is 19.9 Å². The molecule has 31 heavy (non-hydrogen) atoms. The maximum Gasteiger partial charge on any atom is 0.411 e. The van der Waals surface area contributed by atoms with Crippen molar-refractivity contribution < 1.29 is 14.3 Å². The molecule has 9 nitrogen and oxygen atoms in total. The van der Waals surface area contributed by atoms with E-state index >= 15 is 0 Å². The predicted octanol–water partition coefficient (Wildman–Crippen LogP) is 1.57. The molecule has 3 rings (SSSR count). The van der Waals surface area contributed by atoms with Gasteiger partial charge in [-0.15, -0.1) is 0 Å². The van der Waals surface area contributed by atoms with Gasteiger partial charge in [-0.3, -0.25) is 20.0 Å². The van der Waals surface area contributed by atoms with E-state index in [1.807, 2.05) is 36.1 Å². The number of carbonyl (C=O) groups is 2. The predicted molar refractivity (Wildman–Crippen MR) is 121 cm³/mol. The van der Waals surface area contributed by atoms with E-state index < -0.39 is 6.09 Å². The van der Waals surface area contributed by atoms with Crippen LogP contribution >= 0.6 is 0 Å². The number of methoxy groups -OCH3 is 1. The number of aliphatic imine (C=N–C) groups is 1. The summed E-state index contributed by atoms with van der Waals surface area (Å²) in [7, 11) is 3.13. The van der Waals surface area contributed by atoms with E-state index in [4.69, 9.17) is 0 Å². The van der Waals surface area contributed by atoms with Crippen LogP contribution in [0, 0.1) is 0 Å². The van der Waals surface area contributed by atoms with Gasteiger partial charge in [0.1, 0.15) is 0 Å². The Kier molecular flexibility index (Phi) is 8.11. The van der Waals surface area contributed by atoms with Gasteiger partial charge in [0.05, 0.1) is 13.2 Å². The summed E-state index contributed by atoms with van der Waals surface area (Å²) in [5, 5.41) is 6.05. The quantitative estimate of drug-likeness (QED) is 0.545. The third-order valence-corrected chi connectivity index (χ3v) is 5.98. The molecule has 2 amide bonds. The molecule has 2 aliphatic rings. The van der Waals surface area contributed by atoms with Crippen LogP contribution in [-0.2, 0) is 16.1 Å². The Bertz CT molecular complexity index is 768. The van der Waals surface area contributed by atoms with Crippen molar-refractivity contribution in [1.29, 1.82) is 0 Å². The molecule has 0 aromatic heterocycles. The van der Waals surface area contributed by atoms with Crippen molar-refractivity contribution in [2.24, 2.45) is 4.99 Å². The number of hydrogen-bond donors (Lipinski definition) is 2. The van der Waals surface area contributed by atoms with Gasteiger partial charge in [0.15, 0.2) is 5.96 Å². The van der Waals surface area contributed by atoms with Crippen molar-refractivity contribution >= 4 is 23.6 Å². The van der Waals surface area contributed by atoms with Crippen LogP contribution in [0.2, 0.25) is 0 Å². The number of guanidine groups is 1. The first kappa shape index (κ1) is 22.9. The zero-order valence-corrected chi connectivity index (χ0v) is 18.8. The third-order valence-electron chi connectivity index (χ3n) is 5.98. The van der Waals surface area contributed by atoms with Crippen molar-refractivity contribution in [1.82, 2.24) is 20.0 Å². The SMILES string of the molecule is CN=C(NCc1ccc(NC(=O)OC)cc1)N1CCN(C(C)C(=O)N2CCCC2)CC1. The van der Waals surface area contributed by atoms with E-state index in [0.29, 0.717) is 12.2 Å². The van der Waals surface area contributed by atoms with Crippen LogP contribution in [0.4, 0.5) is 10.5 Å². The smallest absolute Gasteiger partial charge is 0.411 e. The first-order valence-electron chi connectivity index (χ1n) is 10.9. The van der Waals surface area contributed by atoms with E-state index in [-0.39, 0.29) is 11.9 Å². The minimum absolute atomic E-state index is 0.0626. The molecule has 1 atom stereocenters. The molecular weight excluding hydrogens is 396 g/mol. The van der Waals surface area contributed by atoms with Crippen LogP contribution in [0.25, 0.3) is 0 Å². The molecule has 9 heteroatoms. The van der Waals surface area contributed by atoms with Crippen molar-refractivity contribution in [3.8, 4) is 0 Å². The van der Waals surface area contributed by atoms with E-state index in [2.05, 4.69) is 30.2 Å². The molecule has 2 heterocycles. The topological polar surface area (TPSA) is 89.5 Å². The van der Waals surface area contributed by atoms with Gasteiger partial charge in [0.25, 0.3) is 0 Å². The number of piperazine rings is 1. The van der Waals surface area contributed by atoms with Crippen LogP contribution in [0.5, 0.6) is 0 Å². The molecule has 0 bridgehead atoms. The molecule has 0 spiro atoms. The van der Waals surface area contributed by atoms with Gasteiger partial charge >= 0.3 is 6.09 Å². The molecule has 1 aromatic carbocycles. The Labute approximate surface area is 184 Å². The van der Waals surface area contributed by atoms with E-state index in [0.717, 1.165) is 63.6 Å². The Balaban J connectivity index is 1.45. The molecule has 2 saturated heterocycles. The highest BCUT2D eigenvalue weighted by Crippen LogP contribution is 2.14. The number of amides is 2. The standard InChI is InChI=1S/C22H34N6O3/c1-17(20(29)27-10-4-5-11-27)26-12-14-28(15-13-26)21(23-2)24-16-18-6-8-19(9-7-18)25-22(30)31-3/h6-9,17H,4-5,10-16H2,1-3H3,(H,23,24)(H,25,30). The minimum Gasteiger partial charge on any atom is -0.453 e. The minimum atomic E-state index is -0.484. The van der Waals surface area contributed by atoms with Gasteiger partial charge in [-0.2, -0.15) is 0 Å². The second kappa shape index (κ2) is 11.0. The lowest BCUT2D eigenvalue weighted by Crippen LogP contribution is -2.57. The molecule has 170 valence electrons. The number of likely N-dealkylation sites (tertiary alicyclic amines) is 1. The van der Waals surface area contributed by atoms with Crippen molar-refractivity contribution in [3.05, 3.63) is 29.8 Å². The Hall–Kier alpha value is -2.81. The van der Waals surface area contributed by atoms with Crippen molar-refractivity contribution in [3.63, 3.8) is 0 Å². The molecule has 1 aromatic rings. The lowest BCUT2D eigenvalue weighted by molar-refractivity contribution is -0.135. The molecule has 2 fully saturated rings. The molecular formula is C22H34N6O3. The van der Waals surface area contributed by atoms with Crippen LogP contribution in [0.1, 0.15) is 25.3 Å². The zero-order chi connectivity index (χ0) is 22.2. The van der Waals surface area contributed by atoms with Crippen LogP contribution in [0.3, 0.4) is 0 Å². The van der Waals surface area contributed by atoms with Gasteiger partial charge in [0, 0.05) is 58.5 Å². The monoisotopic (exact) mass is 430 g/mol. The summed E-state index contributed by atoms with van der Waals surface area (Å²) in [6.07, 6.45) is 1.76. The summed E-state index contributed by atoms with van der Waals surface area (Å²) in [6.45, 7) is 7.82. The lowest BCUT2D eigenvalue weighted by Gasteiger charge is -2.39. The maximum atomic E-state index is 12.7. The van der Waals surface area contributed by atoms with Gasteiger partial charge in [-0.25, -0.2) is 4.79 Å². The maximum absolute atomic E-state index is 12.7. The molecule has 1 unspecified atom stereocenters. The first-order valence-corrected chi connectivity index (χ1v) is 10.9. The van der Waals surface area contributed by atoms with Crippen molar-refractivity contribution in [2.75, 3.05) is 58.7 Å². The number of hydrogen-bond acceptors (Lipinski definition) is 5. The summed E-state index contributed by atoms with van der Waals surface area (Å²) in [5.74, 6) is 1.12. The number of nitrogens with one attached hydrogen (secondary N) is 2. The second-order valence-electron chi connectivity index (χ2n) is 7.95. The number of ether oxygens (including phenoxy) is 1. The largest absolute Gasteiger partial charge is 0.453 e. The summed E-state index contributed by atoms with van der Waals surface area (Å²) < 4.78 is 4.60. The fourth-order valence-electron chi connectivity index (χ4n) is 4.07. The zero-order valence-electron chi connectivity index (χ0n) is 18.8. The number of nitrogens with zero attached hydrogens (tertiary/aromatic N) is 4. The third kappa shape index (κ3) is 6.10. The lowest BCUT2D eigenvalue weighted by atomic mass is 10.2. The molecule has 2 N–H and O–H groups in total. The summed E-state index contributed by atoms with van der Waals surface area (Å²) in [5.41, 5.74) is 1.77. The molecule has 0 saturated carbocycles. The van der Waals surface area contributed by atoms with Crippen LogP contribution in [-0.4, -0.2) is 92.1 Å². The highest BCUT2D eigenvalue weighted by atomic mass is 16.5. The Morgan fingerprint density at radius 1 is 1.03 bits per heavy atom. The van der Waals surface area contributed by atoms with Gasteiger partial charge in [-0.05, 0) is 37.5 Å². The second-order valence-corrected chi connectivity index (χ2v) is 7.95. The average Bonchev–Trinajstić information content (AvgIpc) is 3.35. The van der Waals surface area contributed by atoms with E-state index in [9.17, 15) is 9.59 Å². The number of carbonyl (C=O) groups excluding carboxylic acids is 2. The van der Waals surface area contributed by atoms with Gasteiger partial charge in [-0.1, -0.05) is 12.1 Å². The summed E-state index contributed by atoms with van der Waals surface area (Å²) in [4.78, 5) is 34.9. The first-order chi connectivity index (χ1) is 15.0. The highest BCUT2D eigenvalue weighted by Gasteiger charge is 2.30. The normalized spacial score (nSPS) is 18.6. The summed E-state index contributed by atoms with van der Waals surface area (Å²) in [6, 6.07) is 7.53. The average molecular weight is 431 g/mol. The Morgan fingerprint density at radius 3 is 2.26 bits per heavy atom. The highest BCUT2D eigenvalue weighted by molar-refractivity contribution is 5.84. The fraction of sp³-hybridized carbons (Fsp3) is 0.591. The number of rotatable bonds is 5. The van der Waals surface area contributed by atoms with Crippen LogP contribution < -0.4 is 10.6 Å². The van der Waals surface area contributed by atoms with Gasteiger partial charge in [0.2, 0.25) is 5.91 Å². The fourth-order valence-corrected chi connectivity index (χ4v) is 4.07. The Morgan fingerprint density at radius 2 is 1.68 bits per heavy atom. The van der Waals surface area contributed by atoms with E-state index in [1.54, 1.807) is 7.05 Å². The number of benzene rings is 1. The van der Waals surface area contributed by atoms with Crippen LogP contribution in [0.15, 0.2) is 29.3 Å². The number of anilines is 1. The van der Waals surface area contributed by atoms with E-state index in [1.165, 1.54) is 7.11 Å². The molecule has 0 aliphatic carbocycles. The molecule has 0 radical (unpaired) electrons. The molecule has 2 aliphatic heterocycles. The van der Waals surface area contributed by atoms with Crippen molar-refractivity contribution in [2.45, 2.75) is 32.4 Å².